The molecule has 0 aliphatic rings. The Bertz CT molecular complexity index is 348. The van der Waals surface area contributed by atoms with Gasteiger partial charge in [0.25, 0.3) is 0 Å². The molecule has 12 heavy (non-hydrogen) atoms. The van der Waals surface area contributed by atoms with Gasteiger partial charge in [0.15, 0.2) is 0 Å². The van der Waals surface area contributed by atoms with Gasteiger partial charge in [0, 0.05) is 8.47 Å². The molecular formula is C7H4ClIN2S. The maximum atomic E-state index is 8.44. The van der Waals surface area contributed by atoms with Crippen molar-refractivity contribution in [2.75, 3.05) is 5.73 Å². The minimum atomic E-state index is 0.476. The van der Waals surface area contributed by atoms with Crippen LogP contribution in [0.2, 0.25) is 5.02 Å². The van der Waals surface area contributed by atoms with E-state index < -0.39 is 0 Å². The van der Waals surface area contributed by atoms with E-state index in [1.807, 2.05) is 11.5 Å². The maximum Gasteiger partial charge on any atom is 0.138 e. The predicted molar refractivity (Wildman–Crippen MR) is 60.1 cm³/mol. The van der Waals surface area contributed by atoms with Crippen LogP contribution in [0.15, 0.2) is 17.0 Å². The zero-order valence-electron chi connectivity index (χ0n) is 5.84. The molecule has 0 aromatic heterocycles. The molecule has 1 aromatic carbocycles. The number of nitrogens with zero attached hydrogens (tertiary/aromatic N) is 1. The number of hydrogen-bond acceptors (Lipinski definition) is 3. The van der Waals surface area contributed by atoms with Crippen LogP contribution >= 0.6 is 46.0 Å². The van der Waals surface area contributed by atoms with Crippen molar-refractivity contribution in [1.82, 2.24) is 0 Å². The Labute approximate surface area is 93.2 Å². The van der Waals surface area contributed by atoms with Gasteiger partial charge in [-0.25, -0.2) is 0 Å². The number of nitrogen functional groups attached to an aromatic ring is 1. The van der Waals surface area contributed by atoms with Gasteiger partial charge >= 0.3 is 0 Å². The summed E-state index contributed by atoms with van der Waals surface area (Å²) in [6.07, 6.45) is 0. The Kier molecular flexibility index (Phi) is 3.50. The largest absolute Gasteiger partial charge is 0.397 e. The molecule has 5 heteroatoms. The molecule has 0 fully saturated rings. The molecule has 0 atom stereocenters. The lowest BCUT2D eigenvalue weighted by Gasteiger charge is -2.03. The van der Waals surface area contributed by atoms with Crippen LogP contribution in [0.5, 0.6) is 0 Å². The summed E-state index contributed by atoms with van der Waals surface area (Å²) in [5, 5.41) is 10.9. The first-order valence-corrected chi connectivity index (χ1v) is 5.23. The van der Waals surface area contributed by atoms with E-state index in [4.69, 9.17) is 22.6 Å². The van der Waals surface area contributed by atoms with E-state index in [1.165, 1.54) is 0 Å². The highest BCUT2D eigenvalue weighted by atomic mass is 127. The second kappa shape index (κ2) is 4.21. The number of thiocyanates is 1. The van der Waals surface area contributed by atoms with E-state index in [0.717, 1.165) is 20.2 Å². The molecule has 0 aliphatic carbocycles. The van der Waals surface area contributed by atoms with Crippen molar-refractivity contribution in [3.05, 3.63) is 20.7 Å². The number of rotatable bonds is 1. The highest BCUT2D eigenvalue weighted by Crippen LogP contribution is 2.32. The normalized spacial score (nSPS) is 9.42. The lowest BCUT2D eigenvalue weighted by atomic mass is 10.3. The van der Waals surface area contributed by atoms with Crippen LogP contribution in [0.1, 0.15) is 0 Å². The number of thioether (sulfide) groups is 1. The Morgan fingerprint density at radius 2 is 2.25 bits per heavy atom. The average Bonchev–Trinajstić information content (AvgIpc) is 2.00. The summed E-state index contributed by atoms with van der Waals surface area (Å²) in [5.41, 5.74) is 6.11. The molecule has 0 bridgehead atoms. The zero-order chi connectivity index (χ0) is 9.14. The van der Waals surface area contributed by atoms with Gasteiger partial charge in [-0.3, -0.25) is 0 Å². The number of anilines is 1. The van der Waals surface area contributed by atoms with Crippen LogP contribution in [0.4, 0.5) is 5.69 Å². The summed E-state index contributed by atoms with van der Waals surface area (Å²) in [6.45, 7) is 0. The van der Waals surface area contributed by atoms with E-state index in [9.17, 15) is 0 Å². The van der Waals surface area contributed by atoms with Crippen LogP contribution < -0.4 is 5.73 Å². The van der Waals surface area contributed by atoms with Crippen LogP contribution in [0, 0.1) is 14.2 Å². The van der Waals surface area contributed by atoms with Gasteiger partial charge in [-0.2, -0.15) is 5.26 Å². The van der Waals surface area contributed by atoms with Crippen molar-refractivity contribution in [3.63, 3.8) is 0 Å². The molecule has 0 unspecified atom stereocenters. The highest BCUT2D eigenvalue weighted by molar-refractivity contribution is 14.1. The van der Waals surface area contributed by atoms with Crippen molar-refractivity contribution in [1.29, 1.82) is 5.26 Å². The van der Waals surface area contributed by atoms with Gasteiger partial charge < -0.3 is 5.73 Å². The smallest absolute Gasteiger partial charge is 0.138 e. The van der Waals surface area contributed by atoms with Crippen molar-refractivity contribution in [2.45, 2.75) is 4.90 Å². The number of benzene rings is 1. The summed E-state index contributed by atoms with van der Waals surface area (Å²) < 4.78 is 0.976. The Morgan fingerprint density at radius 1 is 1.58 bits per heavy atom. The number of nitrogens with two attached hydrogens (primary N) is 1. The van der Waals surface area contributed by atoms with Crippen LogP contribution in [0.3, 0.4) is 0 Å². The first-order valence-electron chi connectivity index (χ1n) is 2.95. The zero-order valence-corrected chi connectivity index (χ0v) is 9.57. The fourth-order valence-electron chi connectivity index (χ4n) is 0.695. The Hall–Kier alpha value is -0.120. The molecule has 0 amide bonds. The lowest BCUT2D eigenvalue weighted by Crippen LogP contribution is -1.90. The summed E-state index contributed by atoms with van der Waals surface area (Å²) >= 11 is 8.95. The summed E-state index contributed by atoms with van der Waals surface area (Å²) in [7, 11) is 0. The van der Waals surface area contributed by atoms with Gasteiger partial charge in [0.05, 0.1) is 10.7 Å². The molecule has 2 N–H and O–H groups in total. The van der Waals surface area contributed by atoms with Crippen molar-refractivity contribution < 1.29 is 0 Å². The third-order valence-electron chi connectivity index (χ3n) is 1.21. The summed E-state index contributed by atoms with van der Waals surface area (Å²) in [4.78, 5) is 0.717. The fourth-order valence-corrected chi connectivity index (χ4v) is 2.49. The van der Waals surface area contributed by atoms with Crippen LogP contribution in [0.25, 0.3) is 0 Å². The fraction of sp³-hybridized carbons (Fsp3) is 0. The quantitative estimate of drug-likeness (QED) is 0.375. The second-order valence-electron chi connectivity index (χ2n) is 1.99. The van der Waals surface area contributed by atoms with E-state index in [-0.39, 0.29) is 0 Å². The Morgan fingerprint density at radius 3 is 2.83 bits per heavy atom. The summed E-state index contributed by atoms with van der Waals surface area (Å²) in [5.74, 6) is 0. The van der Waals surface area contributed by atoms with Crippen molar-refractivity contribution in [2.24, 2.45) is 0 Å². The molecule has 0 spiro atoms. The van der Waals surface area contributed by atoms with Crippen molar-refractivity contribution in [3.8, 4) is 5.40 Å². The first kappa shape index (κ1) is 9.96. The average molecular weight is 311 g/mol. The molecular weight excluding hydrogens is 307 g/mol. The topological polar surface area (TPSA) is 49.8 Å². The van der Waals surface area contributed by atoms with Gasteiger partial charge in [-0.05, 0) is 46.5 Å². The molecule has 0 heterocycles. The van der Waals surface area contributed by atoms with E-state index >= 15 is 0 Å². The van der Waals surface area contributed by atoms with E-state index in [0.29, 0.717) is 10.7 Å². The predicted octanol–water partition coefficient (Wildman–Crippen LogP) is 3.10. The third kappa shape index (κ3) is 2.19. The Balaban J connectivity index is 3.20. The van der Waals surface area contributed by atoms with Crippen LogP contribution in [-0.2, 0) is 0 Å². The van der Waals surface area contributed by atoms with Gasteiger partial charge in [0.1, 0.15) is 5.40 Å². The summed E-state index contributed by atoms with van der Waals surface area (Å²) in [6, 6.07) is 3.59. The molecule has 62 valence electrons. The van der Waals surface area contributed by atoms with E-state index in [2.05, 4.69) is 22.6 Å². The monoisotopic (exact) mass is 310 g/mol. The SMILES string of the molecule is N#CSc1cc(I)cc(Cl)c1N. The molecule has 2 nitrogen and oxygen atoms in total. The molecule has 0 saturated carbocycles. The standard InChI is InChI=1S/C7H4ClIN2S/c8-5-1-4(9)2-6(7(5)11)12-3-10/h1-2H,11H2. The molecule has 0 aliphatic heterocycles. The molecule has 0 saturated heterocycles. The molecule has 1 rings (SSSR count). The minimum absolute atomic E-state index is 0.476. The van der Waals surface area contributed by atoms with Gasteiger partial charge in [-0.15, -0.1) is 0 Å². The number of nitriles is 1. The van der Waals surface area contributed by atoms with Crippen LogP contribution in [-0.4, -0.2) is 0 Å². The maximum absolute atomic E-state index is 8.44. The number of halogens is 2. The van der Waals surface area contributed by atoms with Gasteiger partial charge in [-0.1, -0.05) is 11.6 Å². The minimum Gasteiger partial charge on any atom is -0.397 e. The molecule has 1 aromatic rings. The van der Waals surface area contributed by atoms with Gasteiger partial charge in [0.2, 0.25) is 0 Å². The second-order valence-corrected chi connectivity index (χ2v) is 4.47. The number of hydrogen-bond donors (Lipinski definition) is 1. The highest BCUT2D eigenvalue weighted by Gasteiger charge is 2.05. The lowest BCUT2D eigenvalue weighted by molar-refractivity contribution is 1.44. The third-order valence-corrected chi connectivity index (χ3v) is 2.80. The molecule has 0 radical (unpaired) electrons. The van der Waals surface area contributed by atoms with Crippen molar-refractivity contribution >= 4 is 51.6 Å². The van der Waals surface area contributed by atoms with E-state index in [1.54, 1.807) is 6.07 Å². The first-order chi connectivity index (χ1) is 5.65.